The molecule has 2 aliphatic heterocycles. The van der Waals surface area contributed by atoms with E-state index in [2.05, 4.69) is 38.7 Å². The van der Waals surface area contributed by atoms with Crippen molar-refractivity contribution in [1.29, 1.82) is 0 Å². The highest BCUT2D eigenvalue weighted by Crippen LogP contribution is 2.43. The van der Waals surface area contributed by atoms with Gasteiger partial charge >= 0.3 is 6.03 Å². The Balaban J connectivity index is 1.69. The van der Waals surface area contributed by atoms with E-state index >= 15 is 0 Å². The Labute approximate surface area is 228 Å². The van der Waals surface area contributed by atoms with Gasteiger partial charge < -0.3 is 9.64 Å². The number of hydrogen-bond donors (Lipinski definition) is 0. The molecule has 0 saturated carbocycles. The average molecular weight is 522 g/mol. The number of urea groups is 1. The van der Waals surface area contributed by atoms with Crippen LogP contribution in [-0.4, -0.2) is 37.0 Å². The van der Waals surface area contributed by atoms with Gasteiger partial charge in [0.05, 0.1) is 24.0 Å². The van der Waals surface area contributed by atoms with Gasteiger partial charge in [-0.05, 0) is 69.7 Å². The van der Waals surface area contributed by atoms with Gasteiger partial charge in [-0.1, -0.05) is 42.5 Å². The molecule has 0 aliphatic carbocycles. The van der Waals surface area contributed by atoms with Crippen LogP contribution in [0.5, 0.6) is 5.75 Å². The van der Waals surface area contributed by atoms with Crippen molar-refractivity contribution < 1.29 is 19.1 Å². The Morgan fingerprint density at radius 1 is 0.846 bits per heavy atom. The molecule has 2 heterocycles. The fourth-order valence-corrected chi connectivity index (χ4v) is 5.48. The van der Waals surface area contributed by atoms with Crippen molar-refractivity contribution in [3.8, 4) is 5.75 Å². The molecule has 5 rings (SSSR count). The number of anilines is 3. The lowest BCUT2D eigenvalue weighted by atomic mass is 9.87. The zero-order valence-corrected chi connectivity index (χ0v) is 22.8. The number of para-hydroxylation sites is 2. The predicted octanol–water partition coefficient (Wildman–Crippen LogP) is 6.30. The number of carbonyl (C=O) groups excluding carboxylic acids is 3. The summed E-state index contributed by atoms with van der Waals surface area (Å²) in [5.74, 6) is -0.848. The number of amides is 4. The Morgan fingerprint density at radius 2 is 1.38 bits per heavy atom. The van der Waals surface area contributed by atoms with E-state index < -0.39 is 17.8 Å². The Bertz CT molecular complexity index is 1460. The molecule has 1 fully saturated rings. The number of benzene rings is 3. The quantitative estimate of drug-likeness (QED) is 0.291. The second-order valence-corrected chi connectivity index (χ2v) is 10.1. The molecule has 1 saturated heterocycles. The van der Waals surface area contributed by atoms with Crippen LogP contribution in [0.4, 0.5) is 21.9 Å². The minimum absolute atomic E-state index is 0.134. The first-order valence-electron chi connectivity index (χ1n) is 12.9. The van der Waals surface area contributed by atoms with E-state index in [4.69, 9.17) is 4.74 Å². The van der Waals surface area contributed by atoms with Crippen LogP contribution in [-0.2, 0) is 9.59 Å². The van der Waals surface area contributed by atoms with Gasteiger partial charge in [0.2, 0.25) is 0 Å². The number of barbiturate groups is 1. The fraction of sp³-hybridized carbons (Fsp3) is 0.219. The zero-order chi connectivity index (χ0) is 27.9. The van der Waals surface area contributed by atoms with Crippen molar-refractivity contribution in [1.82, 2.24) is 0 Å². The minimum atomic E-state index is -0.725. The summed E-state index contributed by atoms with van der Waals surface area (Å²) in [4.78, 5) is 45.5. The molecule has 0 radical (unpaired) electrons. The largest absolute Gasteiger partial charge is 0.496 e. The summed E-state index contributed by atoms with van der Waals surface area (Å²) in [5.41, 5.74) is 4.13. The number of nitrogens with zero attached hydrogens (tertiary/aromatic N) is 3. The van der Waals surface area contributed by atoms with Crippen molar-refractivity contribution >= 4 is 46.6 Å². The summed E-state index contributed by atoms with van der Waals surface area (Å²) in [7, 11) is 1.57. The highest BCUT2D eigenvalue weighted by atomic mass is 16.5. The van der Waals surface area contributed by atoms with E-state index in [1.807, 2.05) is 12.1 Å². The topological polar surface area (TPSA) is 70.2 Å². The predicted molar refractivity (Wildman–Crippen MR) is 155 cm³/mol. The fourth-order valence-electron chi connectivity index (χ4n) is 5.48. The summed E-state index contributed by atoms with van der Waals surface area (Å²) < 4.78 is 5.76. The number of likely N-dealkylation sites (N-methyl/N-ethyl adjacent to an activating group) is 1. The van der Waals surface area contributed by atoms with Crippen molar-refractivity contribution in [3.05, 3.63) is 95.6 Å². The van der Waals surface area contributed by atoms with Crippen LogP contribution in [0.3, 0.4) is 0 Å². The maximum absolute atomic E-state index is 13.8. The normalized spacial score (nSPS) is 16.7. The van der Waals surface area contributed by atoms with Crippen molar-refractivity contribution in [2.75, 3.05) is 28.4 Å². The zero-order valence-electron chi connectivity index (χ0n) is 22.8. The standard InChI is InChI=1S/C32H31N3O4/c1-6-33-27-19-28(39-5)22(17-25(27)21(2)20-32(33,3)4)18-26-29(36)34(23-13-9-7-10-14-23)31(38)35(30(26)37)24-15-11-8-12-16-24/h7-20H,6H2,1-5H3. The van der Waals surface area contributed by atoms with Gasteiger partial charge in [-0.2, -0.15) is 0 Å². The molecule has 0 unspecified atom stereocenters. The SMILES string of the molecule is CCN1c2cc(OC)c(C=C3C(=O)N(c4ccccc4)C(=O)N(c4ccccc4)C3=O)cc2C(C)=CC1(C)C. The molecule has 0 bridgehead atoms. The maximum Gasteiger partial charge on any atom is 0.343 e. The van der Waals surface area contributed by atoms with E-state index in [0.29, 0.717) is 22.7 Å². The van der Waals surface area contributed by atoms with Crippen molar-refractivity contribution in [2.45, 2.75) is 33.2 Å². The molecule has 2 aliphatic rings. The van der Waals surface area contributed by atoms with Crippen LogP contribution >= 0.6 is 0 Å². The number of hydrogen-bond acceptors (Lipinski definition) is 5. The minimum Gasteiger partial charge on any atom is -0.496 e. The highest BCUT2D eigenvalue weighted by molar-refractivity contribution is 6.46. The second-order valence-electron chi connectivity index (χ2n) is 10.1. The molecular weight excluding hydrogens is 490 g/mol. The molecule has 3 aromatic rings. The Morgan fingerprint density at radius 3 is 1.87 bits per heavy atom. The summed E-state index contributed by atoms with van der Waals surface area (Å²) in [5, 5.41) is 0. The third-order valence-corrected chi connectivity index (χ3v) is 7.22. The van der Waals surface area contributed by atoms with Crippen LogP contribution in [0.1, 0.15) is 38.8 Å². The van der Waals surface area contributed by atoms with Gasteiger partial charge in [0, 0.05) is 29.4 Å². The lowest BCUT2D eigenvalue weighted by molar-refractivity contribution is -0.121. The molecule has 198 valence electrons. The van der Waals surface area contributed by atoms with Gasteiger partial charge in [-0.15, -0.1) is 0 Å². The second kappa shape index (κ2) is 9.91. The number of rotatable bonds is 5. The lowest BCUT2D eigenvalue weighted by Gasteiger charge is -2.43. The van der Waals surface area contributed by atoms with Crippen LogP contribution < -0.4 is 19.4 Å². The number of methoxy groups -OCH3 is 1. The molecule has 7 heteroatoms. The van der Waals surface area contributed by atoms with Crippen LogP contribution in [0.15, 0.2) is 84.4 Å². The molecular formula is C32H31N3O4. The van der Waals surface area contributed by atoms with Gasteiger partial charge in [0.1, 0.15) is 11.3 Å². The Kier molecular flexibility index (Phi) is 6.60. The molecule has 39 heavy (non-hydrogen) atoms. The summed E-state index contributed by atoms with van der Waals surface area (Å²) in [6, 6.07) is 20.4. The third kappa shape index (κ3) is 4.40. The molecule has 0 aromatic heterocycles. The van der Waals surface area contributed by atoms with E-state index in [-0.39, 0.29) is 11.1 Å². The first-order chi connectivity index (χ1) is 18.7. The van der Waals surface area contributed by atoms with E-state index in [9.17, 15) is 14.4 Å². The van der Waals surface area contributed by atoms with Crippen LogP contribution in [0.25, 0.3) is 11.6 Å². The maximum atomic E-state index is 13.8. The molecule has 4 amide bonds. The number of fused-ring (bicyclic) bond motifs is 1. The molecule has 3 aromatic carbocycles. The lowest BCUT2D eigenvalue weighted by Crippen LogP contribution is -2.57. The Hall–Kier alpha value is -4.65. The van der Waals surface area contributed by atoms with Crippen LogP contribution in [0, 0.1) is 0 Å². The van der Waals surface area contributed by atoms with Crippen molar-refractivity contribution in [2.24, 2.45) is 0 Å². The molecule has 7 nitrogen and oxygen atoms in total. The molecule has 0 N–H and O–H groups in total. The third-order valence-electron chi connectivity index (χ3n) is 7.22. The monoisotopic (exact) mass is 521 g/mol. The van der Waals surface area contributed by atoms with Crippen LogP contribution in [0.2, 0.25) is 0 Å². The van der Waals surface area contributed by atoms with Crippen molar-refractivity contribution in [3.63, 3.8) is 0 Å². The number of imide groups is 2. The smallest absolute Gasteiger partial charge is 0.343 e. The summed E-state index contributed by atoms with van der Waals surface area (Å²) >= 11 is 0. The van der Waals surface area contributed by atoms with Gasteiger partial charge in [0.25, 0.3) is 11.8 Å². The van der Waals surface area contributed by atoms with Gasteiger partial charge in [-0.3, -0.25) is 9.59 Å². The highest BCUT2D eigenvalue weighted by Gasteiger charge is 2.44. The summed E-state index contributed by atoms with van der Waals surface area (Å²) in [6.45, 7) is 9.29. The van der Waals surface area contributed by atoms with E-state index in [1.165, 1.54) is 6.08 Å². The summed E-state index contributed by atoms with van der Waals surface area (Å²) in [6.07, 6.45) is 3.75. The van der Waals surface area contributed by atoms with E-state index in [0.717, 1.165) is 33.2 Å². The number of allylic oxidation sites excluding steroid dienone is 1. The van der Waals surface area contributed by atoms with E-state index in [1.54, 1.807) is 67.8 Å². The van der Waals surface area contributed by atoms with Gasteiger partial charge in [-0.25, -0.2) is 14.6 Å². The number of carbonyl (C=O) groups is 3. The molecule has 0 atom stereocenters. The first kappa shape index (κ1) is 26.0. The first-order valence-corrected chi connectivity index (χ1v) is 12.9. The van der Waals surface area contributed by atoms with Gasteiger partial charge in [0.15, 0.2) is 0 Å². The molecule has 0 spiro atoms. The average Bonchev–Trinajstić information content (AvgIpc) is 2.92. The number of ether oxygens (including phenoxy) is 1.